The van der Waals surface area contributed by atoms with E-state index in [9.17, 15) is 9.90 Å². The normalized spacial score (nSPS) is 20.7. The molecule has 0 spiro atoms. The van der Waals surface area contributed by atoms with Gasteiger partial charge in [-0.15, -0.1) is 0 Å². The molecule has 0 bridgehead atoms. The number of unbranched alkanes of at least 4 members (excludes halogenated alkanes) is 8. The monoisotopic (exact) mass is 363 g/mol. The van der Waals surface area contributed by atoms with Gasteiger partial charge >= 0.3 is 0 Å². The number of carboxylic acid groups (broad SMARTS) is 1. The molecule has 0 saturated heterocycles. The smallest absolute Gasteiger partial charge is 0.209 e. The number of quaternary nitrogens is 1. The van der Waals surface area contributed by atoms with Crippen LogP contribution in [0.4, 0.5) is 0 Å². The van der Waals surface area contributed by atoms with Crippen molar-refractivity contribution in [3.63, 3.8) is 0 Å². The molecule has 2 N–H and O–H groups in total. The average molecular weight is 364 g/mol. The molecular formula is C21H37N3O2. The number of nitrogens with two attached hydrogens (primary N) is 1. The van der Waals surface area contributed by atoms with Crippen LogP contribution < -0.4 is 10.8 Å². The average Bonchev–Trinajstić information content (AvgIpc) is 2.99. The number of hydrogen-bond acceptors (Lipinski definition) is 4. The number of carboxylic acids is 1. The first-order valence-corrected chi connectivity index (χ1v) is 10.3. The van der Waals surface area contributed by atoms with Crippen molar-refractivity contribution < 1.29 is 14.4 Å². The number of aliphatic imine (C=N–C) groups is 1. The van der Waals surface area contributed by atoms with Gasteiger partial charge in [-0.3, -0.25) is 5.73 Å². The van der Waals surface area contributed by atoms with Crippen molar-refractivity contribution in [2.75, 3.05) is 6.54 Å². The van der Waals surface area contributed by atoms with Gasteiger partial charge in [0.25, 0.3) is 0 Å². The van der Waals surface area contributed by atoms with Crippen molar-refractivity contribution in [1.82, 2.24) is 0 Å². The summed E-state index contributed by atoms with van der Waals surface area (Å²) in [5.74, 6) is -0.264. The summed E-state index contributed by atoms with van der Waals surface area (Å²) in [6.45, 7) is 3.92. The summed E-state index contributed by atoms with van der Waals surface area (Å²) in [6.07, 6.45) is 20.8. The predicted octanol–water partition coefficient (Wildman–Crippen LogP) is 3.61. The van der Waals surface area contributed by atoms with Crippen molar-refractivity contribution in [1.29, 1.82) is 0 Å². The Balaban J connectivity index is 2.19. The molecule has 0 amide bonds. The van der Waals surface area contributed by atoms with Crippen molar-refractivity contribution in [3.05, 3.63) is 24.6 Å². The number of allylic oxidation sites excluding steroid dienone is 2. The summed E-state index contributed by atoms with van der Waals surface area (Å²) in [5.41, 5.74) is 6.05. The Morgan fingerprint density at radius 1 is 1.15 bits per heavy atom. The summed E-state index contributed by atoms with van der Waals surface area (Å²) in [4.78, 5) is 15.5. The van der Waals surface area contributed by atoms with Gasteiger partial charge in [0.1, 0.15) is 18.9 Å². The molecule has 0 saturated carbocycles. The Morgan fingerprint density at radius 3 is 2.38 bits per heavy atom. The molecule has 0 radical (unpaired) electrons. The maximum atomic E-state index is 11.1. The third-order valence-corrected chi connectivity index (χ3v) is 5.07. The van der Waals surface area contributed by atoms with Gasteiger partial charge in [0, 0.05) is 13.3 Å². The van der Waals surface area contributed by atoms with Crippen molar-refractivity contribution in [2.45, 2.75) is 90.6 Å². The molecule has 1 heterocycles. The number of aliphatic carboxylic acids is 1. The lowest BCUT2D eigenvalue weighted by Gasteiger charge is -2.36. The first-order chi connectivity index (χ1) is 12.5. The summed E-state index contributed by atoms with van der Waals surface area (Å²) >= 11 is 0. The second-order valence-corrected chi connectivity index (χ2v) is 7.32. The highest BCUT2D eigenvalue weighted by Crippen LogP contribution is 2.23. The van der Waals surface area contributed by atoms with Crippen LogP contribution in [0.2, 0.25) is 0 Å². The van der Waals surface area contributed by atoms with E-state index in [0.29, 0.717) is 0 Å². The maximum absolute atomic E-state index is 11.1. The standard InChI is InChI=1S/C21H37N3O2/c1-3-4-5-6-7-8-9-10-11-12-13-14-15-20-23-16-17-24(20,19(2)22)18-21(25)26/h10-11,16-17,19H,3-9,12-15,18,22H2,1-2H3/b11-10+. The molecule has 5 heteroatoms. The number of rotatable bonds is 15. The van der Waals surface area contributed by atoms with Crippen LogP contribution in [-0.2, 0) is 4.79 Å². The van der Waals surface area contributed by atoms with Gasteiger partial charge in [0.15, 0.2) is 0 Å². The molecule has 26 heavy (non-hydrogen) atoms. The van der Waals surface area contributed by atoms with E-state index in [-0.39, 0.29) is 17.2 Å². The van der Waals surface area contributed by atoms with Crippen molar-refractivity contribution in [3.8, 4) is 0 Å². The molecule has 0 aromatic carbocycles. The maximum Gasteiger partial charge on any atom is 0.209 e. The Hall–Kier alpha value is -1.46. The quantitative estimate of drug-likeness (QED) is 0.274. The van der Waals surface area contributed by atoms with Crippen LogP contribution in [0.15, 0.2) is 29.5 Å². The second-order valence-electron chi connectivity index (χ2n) is 7.32. The van der Waals surface area contributed by atoms with Crippen LogP contribution in [0.5, 0.6) is 0 Å². The minimum atomic E-state index is -1.10. The van der Waals surface area contributed by atoms with Crippen LogP contribution >= 0.6 is 0 Å². The lowest BCUT2D eigenvalue weighted by Crippen LogP contribution is -2.60. The Bertz CT molecular complexity index is 497. The minimum Gasteiger partial charge on any atom is -0.544 e. The topological polar surface area (TPSA) is 78.5 Å². The van der Waals surface area contributed by atoms with Gasteiger partial charge in [-0.1, -0.05) is 51.2 Å². The highest BCUT2D eigenvalue weighted by Gasteiger charge is 2.38. The van der Waals surface area contributed by atoms with E-state index >= 15 is 0 Å². The second kappa shape index (κ2) is 12.8. The zero-order valence-electron chi connectivity index (χ0n) is 16.7. The van der Waals surface area contributed by atoms with E-state index in [4.69, 9.17) is 5.73 Å². The molecule has 1 aliphatic heterocycles. The van der Waals surface area contributed by atoms with Crippen LogP contribution in [0.1, 0.15) is 84.5 Å². The molecule has 2 atom stereocenters. The Labute approximate surface area is 159 Å². The Kier molecular flexibility index (Phi) is 11.1. The SMILES string of the molecule is CCCCCCCC/C=C/CCCCC1=NC=C[N+]1(CC(=O)[O-])C(C)N. The number of nitrogens with zero attached hydrogens (tertiary/aromatic N) is 2. The van der Waals surface area contributed by atoms with E-state index in [2.05, 4.69) is 24.1 Å². The minimum absolute atomic E-state index is 0.0935. The van der Waals surface area contributed by atoms with Crippen molar-refractivity contribution >= 4 is 11.8 Å². The lowest BCUT2D eigenvalue weighted by atomic mass is 10.1. The van der Waals surface area contributed by atoms with Gasteiger partial charge in [0.2, 0.25) is 5.84 Å². The van der Waals surface area contributed by atoms with Crippen LogP contribution in [0.25, 0.3) is 0 Å². The van der Waals surface area contributed by atoms with E-state index < -0.39 is 5.97 Å². The van der Waals surface area contributed by atoms with E-state index in [0.717, 1.165) is 31.5 Å². The molecule has 2 unspecified atom stereocenters. The van der Waals surface area contributed by atoms with E-state index in [1.54, 1.807) is 12.4 Å². The summed E-state index contributed by atoms with van der Waals surface area (Å²) in [5, 5.41) is 11.1. The molecule has 1 rings (SSSR count). The molecule has 0 aromatic heterocycles. The van der Waals surface area contributed by atoms with Gasteiger partial charge in [0.05, 0.1) is 12.2 Å². The molecule has 5 nitrogen and oxygen atoms in total. The van der Waals surface area contributed by atoms with Crippen LogP contribution in [-0.4, -0.2) is 29.0 Å². The molecule has 1 aliphatic rings. The highest BCUT2D eigenvalue weighted by molar-refractivity contribution is 5.81. The molecule has 148 valence electrons. The van der Waals surface area contributed by atoms with Gasteiger partial charge < -0.3 is 9.90 Å². The lowest BCUT2D eigenvalue weighted by molar-refractivity contribution is -0.808. The zero-order valence-corrected chi connectivity index (χ0v) is 16.7. The summed E-state index contributed by atoms with van der Waals surface area (Å²) < 4.78 is 0.0935. The van der Waals surface area contributed by atoms with Crippen molar-refractivity contribution in [2.24, 2.45) is 10.7 Å². The fraction of sp³-hybridized carbons (Fsp3) is 0.714. The largest absolute Gasteiger partial charge is 0.544 e. The third-order valence-electron chi connectivity index (χ3n) is 5.07. The summed E-state index contributed by atoms with van der Waals surface area (Å²) in [7, 11) is 0. The summed E-state index contributed by atoms with van der Waals surface area (Å²) in [6, 6.07) is 0. The zero-order chi connectivity index (χ0) is 19.3. The highest BCUT2D eigenvalue weighted by atomic mass is 16.4. The molecule has 0 fully saturated rings. The third kappa shape index (κ3) is 7.83. The van der Waals surface area contributed by atoms with E-state index in [1.165, 1.54) is 44.9 Å². The van der Waals surface area contributed by atoms with E-state index in [1.807, 2.05) is 6.92 Å². The van der Waals surface area contributed by atoms with Gasteiger partial charge in [-0.05, 0) is 32.1 Å². The van der Waals surface area contributed by atoms with Crippen LogP contribution in [0.3, 0.4) is 0 Å². The number of carbonyl (C=O) groups is 1. The first-order valence-electron chi connectivity index (χ1n) is 10.3. The first kappa shape index (κ1) is 22.6. The van der Waals surface area contributed by atoms with Gasteiger partial charge in [-0.2, -0.15) is 0 Å². The number of amidine groups is 1. The molecule has 0 aliphatic carbocycles. The molecular weight excluding hydrogens is 326 g/mol. The fourth-order valence-electron chi connectivity index (χ4n) is 3.40. The van der Waals surface area contributed by atoms with Gasteiger partial charge in [-0.25, -0.2) is 9.48 Å². The Morgan fingerprint density at radius 2 is 1.77 bits per heavy atom. The number of hydrogen-bond donors (Lipinski definition) is 1. The predicted molar refractivity (Wildman–Crippen MR) is 106 cm³/mol. The number of carbonyl (C=O) groups excluding carboxylic acids is 1. The fourth-order valence-corrected chi connectivity index (χ4v) is 3.40. The molecule has 0 aromatic rings. The van der Waals surface area contributed by atoms with Crippen LogP contribution in [0, 0.1) is 0 Å².